The molecular formula is C21H27FN2O3S. The van der Waals surface area contributed by atoms with Gasteiger partial charge in [-0.15, -0.1) is 0 Å². The second-order valence-electron chi connectivity index (χ2n) is 6.76. The number of nitrogens with one attached hydrogen (secondary N) is 1. The molecule has 0 fully saturated rings. The second kappa shape index (κ2) is 9.19. The van der Waals surface area contributed by atoms with E-state index in [-0.39, 0.29) is 18.2 Å². The molecule has 152 valence electrons. The van der Waals surface area contributed by atoms with E-state index in [0.29, 0.717) is 0 Å². The molecular weight excluding hydrogens is 379 g/mol. The zero-order chi connectivity index (χ0) is 20.9. The highest BCUT2D eigenvalue weighted by molar-refractivity contribution is 7.92. The van der Waals surface area contributed by atoms with Crippen LogP contribution in [0, 0.1) is 5.82 Å². The smallest absolute Gasteiger partial charge is 0.244 e. The van der Waals surface area contributed by atoms with Gasteiger partial charge in [0.2, 0.25) is 15.9 Å². The summed E-state index contributed by atoms with van der Waals surface area (Å²) in [6.07, 6.45) is 2.10. The summed E-state index contributed by atoms with van der Waals surface area (Å²) in [5.74, 6) is -1.16. The fourth-order valence-electron chi connectivity index (χ4n) is 3.10. The number of nitrogens with zero attached hydrogens (tertiary/aromatic N) is 1. The zero-order valence-corrected chi connectivity index (χ0v) is 17.5. The van der Waals surface area contributed by atoms with Gasteiger partial charge >= 0.3 is 0 Å². The molecule has 0 bridgehead atoms. The van der Waals surface area contributed by atoms with Crippen LogP contribution in [0.4, 0.5) is 10.1 Å². The third-order valence-corrected chi connectivity index (χ3v) is 5.83. The number of carbonyl (C=O) groups is 1. The SMILES string of the molecule is CCc1ccc(C(C)NC(=O)C(CC)N(c2ccccc2F)S(C)(=O)=O)cc1. The van der Waals surface area contributed by atoms with E-state index in [0.717, 1.165) is 22.5 Å². The fraction of sp³-hybridized carbons (Fsp3) is 0.381. The van der Waals surface area contributed by atoms with E-state index < -0.39 is 27.8 Å². The van der Waals surface area contributed by atoms with E-state index in [1.54, 1.807) is 13.0 Å². The number of rotatable bonds is 8. The molecule has 0 saturated heterocycles. The Morgan fingerprint density at radius 3 is 2.21 bits per heavy atom. The third-order valence-electron chi connectivity index (χ3n) is 4.67. The predicted octanol–water partition coefficient (Wildman–Crippen LogP) is 3.81. The Morgan fingerprint density at radius 1 is 1.11 bits per heavy atom. The Kier molecular flexibility index (Phi) is 7.18. The minimum absolute atomic E-state index is 0.132. The average molecular weight is 407 g/mol. The molecule has 0 aliphatic carbocycles. The Labute approximate surface area is 166 Å². The normalized spacial score (nSPS) is 13.6. The van der Waals surface area contributed by atoms with Gasteiger partial charge < -0.3 is 5.32 Å². The molecule has 0 aliphatic rings. The second-order valence-corrected chi connectivity index (χ2v) is 8.62. The summed E-state index contributed by atoms with van der Waals surface area (Å²) >= 11 is 0. The quantitative estimate of drug-likeness (QED) is 0.725. The van der Waals surface area contributed by atoms with E-state index in [2.05, 4.69) is 12.2 Å². The highest BCUT2D eigenvalue weighted by Crippen LogP contribution is 2.26. The number of sulfonamides is 1. The van der Waals surface area contributed by atoms with Crippen LogP contribution in [-0.4, -0.2) is 26.6 Å². The summed E-state index contributed by atoms with van der Waals surface area (Å²) in [6, 6.07) is 12.1. The van der Waals surface area contributed by atoms with Crippen molar-refractivity contribution in [2.45, 2.75) is 45.7 Å². The van der Waals surface area contributed by atoms with Crippen molar-refractivity contribution < 1.29 is 17.6 Å². The van der Waals surface area contributed by atoms with Crippen LogP contribution < -0.4 is 9.62 Å². The molecule has 0 saturated carbocycles. The lowest BCUT2D eigenvalue weighted by Gasteiger charge is -2.31. The number of carbonyl (C=O) groups excluding carboxylic acids is 1. The van der Waals surface area contributed by atoms with Gasteiger partial charge in [-0.2, -0.15) is 0 Å². The largest absolute Gasteiger partial charge is 0.348 e. The topological polar surface area (TPSA) is 66.5 Å². The summed E-state index contributed by atoms with van der Waals surface area (Å²) in [4.78, 5) is 12.9. The Balaban J connectivity index is 2.29. The van der Waals surface area contributed by atoms with Gasteiger partial charge in [-0.05, 0) is 43.0 Å². The number of benzene rings is 2. The maximum atomic E-state index is 14.3. The van der Waals surface area contributed by atoms with Crippen LogP contribution in [0.5, 0.6) is 0 Å². The summed E-state index contributed by atoms with van der Waals surface area (Å²) in [6.45, 7) is 5.60. The molecule has 1 amide bonds. The molecule has 2 aromatic carbocycles. The minimum Gasteiger partial charge on any atom is -0.348 e. The van der Waals surface area contributed by atoms with Crippen LogP contribution in [0.1, 0.15) is 44.4 Å². The van der Waals surface area contributed by atoms with Gasteiger partial charge in [-0.3, -0.25) is 9.10 Å². The molecule has 2 rings (SSSR count). The van der Waals surface area contributed by atoms with E-state index in [1.165, 1.54) is 23.8 Å². The van der Waals surface area contributed by atoms with Crippen LogP contribution in [-0.2, 0) is 21.2 Å². The standard InChI is InChI=1S/C21H27FN2O3S/c1-5-16-11-13-17(14-12-16)15(3)23-21(25)19(6-2)24(28(4,26)27)20-10-8-7-9-18(20)22/h7-15,19H,5-6H2,1-4H3,(H,23,25). The Bertz CT molecular complexity index is 914. The fourth-order valence-corrected chi connectivity index (χ4v) is 4.31. The van der Waals surface area contributed by atoms with E-state index in [9.17, 15) is 17.6 Å². The van der Waals surface area contributed by atoms with Gasteiger partial charge in [-0.1, -0.05) is 50.2 Å². The summed E-state index contributed by atoms with van der Waals surface area (Å²) < 4.78 is 39.9. The van der Waals surface area contributed by atoms with Gasteiger partial charge in [0, 0.05) is 0 Å². The average Bonchev–Trinajstić information content (AvgIpc) is 2.65. The van der Waals surface area contributed by atoms with E-state index in [4.69, 9.17) is 0 Å². The lowest BCUT2D eigenvalue weighted by atomic mass is 10.0. The van der Waals surface area contributed by atoms with Crippen molar-refractivity contribution in [1.29, 1.82) is 0 Å². The number of amides is 1. The lowest BCUT2D eigenvalue weighted by molar-refractivity contribution is -0.122. The van der Waals surface area contributed by atoms with Crippen LogP contribution in [0.25, 0.3) is 0 Å². The van der Waals surface area contributed by atoms with Crippen LogP contribution >= 0.6 is 0 Å². The van der Waals surface area contributed by atoms with Crippen molar-refractivity contribution >= 4 is 21.6 Å². The lowest BCUT2D eigenvalue weighted by Crippen LogP contribution is -2.50. The molecule has 0 aliphatic heterocycles. The highest BCUT2D eigenvalue weighted by Gasteiger charge is 2.33. The van der Waals surface area contributed by atoms with Gasteiger partial charge in [0.05, 0.1) is 18.0 Å². The third kappa shape index (κ3) is 5.10. The first-order valence-electron chi connectivity index (χ1n) is 9.32. The van der Waals surface area contributed by atoms with Crippen LogP contribution in [0.3, 0.4) is 0 Å². The molecule has 28 heavy (non-hydrogen) atoms. The van der Waals surface area contributed by atoms with Crippen molar-refractivity contribution in [2.75, 3.05) is 10.6 Å². The first-order chi connectivity index (χ1) is 13.2. The molecule has 0 aromatic heterocycles. The number of anilines is 1. The number of aryl methyl sites for hydroxylation is 1. The molecule has 0 radical (unpaired) electrons. The van der Waals surface area contributed by atoms with E-state index in [1.807, 2.05) is 31.2 Å². The van der Waals surface area contributed by atoms with E-state index >= 15 is 0 Å². The van der Waals surface area contributed by atoms with Crippen molar-refractivity contribution in [1.82, 2.24) is 5.32 Å². The maximum absolute atomic E-state index is 14.3. The first kappa shape index (κ1) is 21.9. The molecule has 2 unspecified atom stereocenters. The van der Waals surface area contributed by atoms with Crippen LogP contribution in [0.15, 0.2) is 48.5 Å². The molecule has 2 aromatic rings. The van der Waals surface area contributed by atoms with Gasteiger partial charge in [-0.25, -0.2) is 12.8 Å². The molecule has 0 heterocycles. The number of halogens is 1. The van der Waals surface area contributed by atoms with Crippen molar-refractivity contribution in [3.63, 3.8) is 0 Å². The number of hydrogen-bond acceptors (Lipinski definition) is 3. The molecule has 1 N–H and O–H groups in total. The summed E-state index contributed by atoms with van der Waals surface area (Å²) in [5, 5.41) is 2.86. The predicted molar refractivity (Wildman–Crippen MR) is 110 cm³/mol. The number of hydrogen-bond donors (Lipinski definition) is 1. The Morgan fingerprint density at radius 2 is 1.71 bits per heavy atom. The van der Waals surface area contributed by atoms with Gasteiger partial charge in [0.1, 0.15) is 11.9 Å². The van der Waals surface area contributed by atoms with Gasteiger partial charge in [0.15, 0.2) is 0 Å². The first-order valence-corrected chi connectivity index (χ1v) is 11.2. The monoisotopic (exact) mass is 406 g/mol. The zero-order valence-electron chi connectivity index (χ0n) is 16.6. The minimum atomic E-state index is -3.87. The van der Waals surface area contributed by atoms with Crippen molar-refractivity contribution in [3.05, 3.63) is 65.5 Å². The Hall–Kier alpha value is -2.41. The molecule has 7 heteroatoms. The van der Waals surface area contributed by atoms with Gasteiger partial charge in [0.25, 0.3) is 0 Å². The van der Waals surface area contributed by atoms with Crippen LogP contribution in [0.2, 0.25) is 0 Å². The molecule has 5 nitrogen and oxygen atoms in total. The maximum Gasteiger partial charge on any atom is 0.244 e. The van der Waals surface area contributed by atoms with Crippen molar-refractivity contribution in [2.24, 2.45) is 0 Å². The van der Waals surface area contributed by atoms with Crippen molar-refractivity contribution in [3.8, 4) is 0 Å². The number of para-hydroxylation sites is 1. The highest BCUT2D eigenvalue weighted by atomic mass is 32.2. The molecule has 0 spiro atoms. The summed E-state index contributed by atoms with van der Waals surface area (Å²) in [5.41, 5.74) is 1.97. The molecule has 2 atom stereocenters. The summed E-state index contributed by atoms with van der Waals surface area (Å²) in [7, 11) is -3.87.